The largest absolute Gasteiger partial charge is 0.322 e. The van der Waals surface area contributed by atoms with Gasteiger partial charge in [0.15, 0.2) is 0 Å². The Balaban J connectivity index is 2.18. The Morgan fingerprint density at radius 2 is 1.62 bits per heavy atom. The maximum atomic E-state index is 12.8. The molecule has 140 valence electrons. The average Bonchev–Trinajstić information content (AvgIpc) is 2.62. The molecule has 0 heterocycles. The normalized spacial score (nSPS) is 11.6. The molecule has 0 saturated heterocycles. The van der Waals surface area contributed by atoms with Crippen molar-refractivity contribution in [3.8, 4) is 0 Å². The Morgan fingerprint density at radius 1 is 1.04 bits per heavy atom. The van der Waals surface area contributed by atoms with Crippen LogP contribution in [0.15, 0.2) is 47.4 Å². The van der Waals surface area contributed by atoms with Gasteiger partial charge < -0.3 is 5.32 Å². The van der Waals surface area contributed by atoms with Crippen LogP contribution in [0.3, 0.4) is 0 Å². The molecule has 0 aromatic heterocycles. The number of sulfonamides is 1. The summed E-state index contributed by atoms with van der Waals surface area (Å²) in [5.41, 5.74) is 1.31. The molecule has 0 aliphatic carbocycles. The highest BCUT2D eigenvalue weighted by molar-refractivity contribution is 7.89. The van der Waals surface area contributed by atoms with Crippen molar-refractivity contribution < 1.29 is 13.2 Å². The highest BCUT2D eigenvalue weighted by atomic mass is 35.5. The number of para-hydroxylation sites is 1. The lowest BCUT2D eigenvalue weighted by Gasteiger charge is -2.20. The van der Waals surface area contributed by atoms with Crippen LogP contribution in [0.1, 0.15) is 19.4 Å². The Labute approximate surface area is 164 Å². The zero-order valence-corrected chi connectivity index (χ0v) is 16.8. The van der Waals surface area contributed by atoms with Gasteiger partial charge in [0.1, 0.15) is 0 Å². The number of benzene rings is 2. The van der Waals surface area contributed by atoms with Gasteiger partial charge in [-0.05, 0) is 36.2 Å². The number of rotatable bonds is 7. The van der Waals surface area contributed by atoms with E-state index in [1.165, 1.54) is 0 Å². The van der Waals surface area contributed by atoms with E-state index in [-0.39, 0.29) is 33.7 Å². The third-order valence-corrected chi connectivity index (χ3v) is 6.43. The minimum absolute atomic E-state index is 0.153. The molecule has 0 bridgehead atoms. The van der Waals surface area contributed by atoms with Gasteiger partial charge in [0, 0.05) is 6.54 Å². The third-order valence-electron chi connectivity index (χ3n) is 3.87. The molecule has 1 N–H and O–H groups in total. The molecule has 0 aliphatic heterocycles. The summed E-state index contributed by atoms with van der Waals surface area (Å²) in [7, 11) is -3.78. The average molecular weight is 415 g/mol. The van der Waals surface area contributed by atoms with Gasteiger partial charge in [0.25, 0.3) is 0 Å². The van der Waals surface area contributed by atoms with Crippen LogP contribution in [0.5, 0.6) is 0 Å². The summed E-state index contributed by atoms with van der Waals surface area (Å²) < 4.78 is 26.7. The summed E-state index contributed by atoms with van der Waals surface area (Å²) in [5, 5.41) is 3.14. The van der Waals surface area contributed by atoms with Gasteiger partial charge in [-0.1, -0.05) is 55.2 Å². The van der Waals surface area contributed by atoms with E-state index in [1.807, 2.05) is 6.92 Å². The molecular formula is C18H20Cl2N2O3S. The van der Waals surface area contributed by atoms with Crippen LogP contribution < -0.4 is 5.32 Å². The molecule has 5 nitrogen and oxygen atoms in total. The molecule has 0 saturated carbocycles. The summed E-state index contributed by atoms with van der Waals surface area (Å²) in [6.07, 6.45) is 0.818. The molecule has 8 heteroatoms. The SMILES string of the molecule is CCc1ccc(S(=O)(=O)N(CC)CC(=O)Nc2c(Cl)cccc2Cl)cc1. The maximum Gasteiger partial charge on any atom is 0.243 e. The smallest absolute Gasteiger partial charge is 0.243 e. The number of nitrogens with one attached hydrogen (secondary N) is 1. The van der Waals surface area contributed by atoms with Crippen LogP contribution in [0.25, 0.3) is 0 Å². The van der Waals surface area contributed by atoms with E-state index < -0.39 is 15.9 Å². The standard InChI is InChI=1S/C18H20Cl2N2O3S/c1-3-13-8-10-14(11-9-13)26(24,25)22(4-2)12-17(23)21-18-15(19)6-5-7-16(18)20/h5-11H,3-4,12H2,1-2H3,(H,21,23). The molecule has 2 aromatic rings. The summed E-state index contributed by atoms with van der Waals surface area (Å²) >= 11 is 12.1. The fourth-order valence-corrected chi connectivity index (χ4v) is 4.27. The number of nitrogens with zero attached hydrogens (tertiary/aromatic N) is 1. The van der Waals surface area contributed by atoms with Crippen molar-refractivity contribution in [2.45, 2.75) is 25.2 Å². The first-order valence-electron chi connectivity index (χ1n) is 8.12. The van der Waals surface area contributed by atoms with E-state index in [4.69, 9.17) is 23.2 Å². The minimum atomic E-state index is -3.78. The van der Waals surface area contributed by atoms with E-state index in [9.17, 15) is 13.2 Å². The van der Waals surface area contributed by atoms with E-state index in [0.29, 0.717) is 0 Å². The molecule has 0 unspecified atom stereocenters. The second kappa shape index (κ2) is 8.86. The first-order chi connectivity index (χ1) is 12.3. The first kappa shape index (κ1) is 20.7. The Morgan fingerprint density at radius 3 is 2.12 bits per heavy atom. The number of amides is 1. The Kier molecular flexibility index (Phi) is 7.06. The summed E-state index contributed by atoms with van der Waals surface area (Å²) in [5.74, 6) is -0.518. The number of anilines is 1. The van der Waals surface area contributed by atoms with Crippen LogP contribution in [0, 0.1) is 0 Å². The number of carbonyl (C=O) groups is 1. The van der Waals surface area contributed by atoms with Crippen LogP contribution in [-0.2, 0) is 21.2 Å². The highest BCUT2D eigenvalue weighted by Gasteiger charge is 2.25. The predicted octanol–water partition coefficient (Wildman–Crippen LogP) is 4.21. The van der Waals surface area contributed by atoms with E-state index in [0.717, 1.165) is 16.3 Å². The van der Waals surface area contributed by atoms with Gasteiger partial charge in [0.2, 0.25) is 15.9 Å². The van der Waals surface area contributed by atoms with Crippen molar-refractivity contribution >= 4 is 44.8 Å². The lowest BCUT2D eigenvalue weighted by atomic mass is 10.2. The van der Waals surface area contributed by atoms with Gasteiger partial charge in [-0.25, -0.2) is 8.42 Å². The van der Waals surface area contributed by atoms with E-state index >= 15 is 0 Å². The molecule has 26 heavy (non-hydrogen) atoms. The second-order valence-electron chi connectivity index (χ2n) is 5.57. The van der Waals surface area contributed by atoms with Gasteiger partial charge in [-0.2, -0.15) is 4.31 Å². The number of halogens is 2. The number of aryl methyl sites for hydroxylation is 1. The number of hydrogen-bond donors (Lipinski definition) is 1. The van der Waals surface area contributed by atoms with Gasteiger partial charge >= 0.3 is 0 Å². The second-order valence-corrected chi connectivity index (χ2v) is 8.33. The lowest BCUT2D eigenvalue weighted by Crippen LogP contribution is -2.37. The summed E-state index contributed by atoms with van der Waals surface area (Å²) in [6, 6.07) is 11.5. The molecule has 0 atom stereocenters. The number of carbonyl (C=O) groups excluding carboxylic acids is 1. The fraction of sp³-hybridized carbons (Fsp3) is 0.278. The van der Waals surface area contributed by atoms with Gasteiger partial charge in [-0.15, -0.1) is 0 Å². The van der Waals surface area contributed by atoms with Crippen molar-refractivity contribution in [3.63, 3.8) is 0 Å². The van der Waals surface area contributed by atoms with Crippen LogP contribution in [0.2, 0.25) is 10.0 Å². The minimum Gasteiger partial charge on any atom is -0.322 e. The zero-order valence-electron chi connectivity index (χ0n) is 14.5. The van der Waals surface area contributed by atoms with Crippen LogP contribution in [-0.4, -0.2) is 31.7 Å². The van der Waals surface area contributed by atoms with Crippen molar-refractivity contribution in [2.75, 3.05) is 18.4 Å². The third kappa shape index (κ3) is 4.76. The van der Waals surface area contributed by atoms with Gasteiger partial charge in [0.05, 0.1) is 27.2 Å². The Bertz CT molecular complexity index is 864. The van der Waals surface area contributed by atoms with Crippen molar-refractivity contribution in [3.05, 3.63) is 58.1 Å². The molecule has 1 amide bonds. The predicted molar refractivity (Wildman–Crippen MR) is 105 cm³/mol. The number of hydrogen-bond acceptors (Lipinski definition) is 3. The molecule has 0 aliphatic rings. The molecule has 0 spiro atoms. The van der Waals surface area contributed by atoms with Crippen LogP contribution in [0.4, 0.5) is 5.69 Å². The monoisotopic (exact) mass is 414 g/mol. The molecule has 2 aromatic carbocycles. The van der Waals surface area contributed by atoms with E-state index in [1.54, 1.807) is 49.4 Å². The summed E-state index contributed by atoms with van der Waals surface area (Å²) in [4.78, 5) is 12.5. The maximum absolute atomic E-state index is 12.8. The first-order valence-corrected chi connectivity index (χ1v) is 10.3. The summed E-state index contributed by atoms with van der Waals surface area (Å²) in [6.45, 7) is 3.48. The van der Waals surface area contributed by atoms with Crippen molar-refractivity contribution in [1.82, 2.24) is 4.31 Å². The van der Waals surface area contributed by atoms with Crippen LogP contribution >= 0.6 is 23.2 Å². The molecular weight excluding hydrogens is 395 g/mol. The Hall–Kier alpha value is -1.60. The topological polar surface area (TPSA) is 66.5 Å². The van der Waals surface area contributed by atoms with Crippen molar-refractivity contribution in [2.24, 2.45) is 0 Å². The molecule has 0 fully saturated rings. The van der Waals surface area contributed by atoms with Gasteiger partial charge in [-0.3, -0.25) is 4.79 Å². The zero-order chi connectivity index (χ0) is 19.3. The number of likely N-dealkylation sites (N-methyl/N-ethyl adjacent to an activating group) is 1. The lowest BCUT2D eigenvalue weighted by molar-refractivity contribution is -0.116. The quantitative estimate of drug-likeness (QED) is 0.737. The highest BCUT2D eigenvalue weighted by Crippen LogP contribution is 2.29. The van der Waals surface area contributed by atoms with Crippen molar-refractivity contribution in [1.29, 1.82) is 0 Å². The molecule has 0 radical (unpaired) electrons. The van der Waals surface area contributed by atoms with E-state index in [2.05, 4.69) is 5.32 Å². The fourth-order valence-electron chi connectivity index (χ4n) is 2.37. The molecule has 2 rings (SSSR count).